The number of carboxylic acids is 1. The van der Waals surface area contributed by atoms with Crippen molar-refractivity contribution in [1.29, 1.82) is 0 Å². The summed E-state index contributed by atoms with van der Waals surface area (Å²) in [4.78, 5) is 46.0. The number of rotatable bonds is 9. The molecule has 0 spiro atoms. The molecule has 9 heteroatoms. The van der Waals surface area contributed by atoms with Crippen LogP contribution in [0.3, 0.4) is 0 Å². The summed E-state index contributed by atoms with van der Waals surface area (Å²) in [6, 6.07) is -2.50. The maximum atomic E-state index is 12.2. The van der Waals surface area contributed by atoms with Crippen molar-refractivity contribution in [2.45, 2.75) is 52.2 Å². The minimum absolute atomic E-state index is 0.135. The Morgan fingerprint density at radius 1 is 0.957 bits per heavy atom. The third kappa shape index (κ3) is 8.77. The summed E-state index contributed by atoms with van der Waals surface area (Å²) >= 11 is 0. The van der Waals surface area contributed by atoms with Crippen molar-refractivity contribution >= 4 is 23.7 Å². The van der Waals surface area contributed by atoms with Gasteiger partial charge in [-0.05, 0) is 26.2 Å². The van der Waals surface area contributed by atoms with E-state index >= 15 is 0 Å². The predicted octanol–water partition coefficient (Wildman–Crippen LogP) is -1.43. The highest BCUT2D eigenvalue weighted by molar-refractivity contribution is 5.93. The fourth-order valence-corrected chi connectivity index (χ4v) is 1.70. The van der Waals surface area contributed by atoms with Gasteiger partial charge in [0.05, 0.1) is 6.04 Å². The lowest BCUT2D eigenvalue weighted by molar-refractivity contribution is -0.138. The van der Waals surface area contributed by atoms with E-state index in [1.54, 1.807) is 0 Å². The average molecular weight is 330 g/mol. The molecule has 0 aromatic heterocycles. The normalized spacial score (nSPS) is 14.5. The van der Waals surface area contributed by atoms with Gasteiger partial charge in [0.15, 0.2) is 0 Å². The van der Waals surface area contributed by atoms with Crippen molar-refractivity contribution in [3.63, 3.8) is 0 Å². The van der Waals surface area contributed by atoms with Crippen molar-refractivity contribution in [2.24, 2.45) is 11.7 Å². The van der Waals surface area contributed by atoms with Gasteiger partial charge in [-0.1, -0.05) is 13.8 Å². The van der Waals surface area contributed by atoms with E-state index in [9.17, 15) is 19.2 Å². The van der Waals surface area contributed by atoms with E-state index in [0.717, 1.165) is 0 Å². The summed E-state index contributed by atoms with van der Waals surface area (Å²) in [6.45, 7) is 6.18. The van der Waals surface area contributed by atoms with Crippen molar-refractivity contribution < 1.29 is 24.3 Å². The quantitative estimate of drug-likeness (QED) is 0.350. The van der Waals surface area contributed by atoms with E-state index in [2.05, 4.69) is 16.0 Å². The van der Waals surface area contributed by atoms with Crippen molar-refractivity contribution in [3.8, 4) is 0 Å². The number of aliphatic carboxylic acids is 1. The molecule has 0 aliphatic heterocycles. The predicted molar refractivity (Wildman–Crippen MR) is 83.3 cm³/mol. The van der Waals surface area contributed by atoms with Crippen molar-refractivity contribution in [3.05, 3.63) is 0 Å². The molecule has 3 amide bonds. The zero-order chi connectivity index (χ0) is 18.2. The molecule has 0 fully saturated rings. The van der Waals surface area contributed by atoms with Crippen LogP contribution in [0, 0.1) is 5.92 Å². The number of nitrogens with two attached hydrogens (primary N) is 1. The summed E-state index contributed by atoms with van der Waals surface area (Å²) in [7, 11) is 0. The van der Waals surface area contributed by atoms with Crippen LogP contribution in [0.15, 0.2) is 0 Å². The van der Waals surface area contributed by atoms with E-state index in [0.29, 0.717) is 6.42 Å². The molecule has 3 atom stereocenters. The first-order valence-electron chi connectivity index (χ1n) is 7.40. The molecule has 0 radical (unpaired) electrons. The first kappa shape index (κ1) is 20.8. The van der Waals surface area contributed by atoms with Crippen LogP contribution in [-0.4, -0.2) is 53.5 Å². The highest BCUT2D eigenvalue weighted by Crippen LogP contribution is 2.05. The first-order chi connectivity index (χ1) is 10.5. The van der Waals surface area contributed by atoms with Gasteiger partial charge >= 0.3 is 5.97 Å². The standard InChI is InChI=1S/C14H26N4O5/c1-7(2)5-10(18-12(21)8(3)15)14(23)17-9(4)13(22)16-6-11(19)20/h7-10H,5-6,15H2,1-4H3,(H,16,22)(H,17,23)(H,18,21)(H,19,20)/t8-,9-,10-/m0/s1. The molecule has 0 bridgehead atoms. The molecular formula is C14H26N4O5. The minimum atomic E-state index is -1.18. The van der Waals surface area contributed by atoms with Crippen molar-refractivity contribution in [1.82, 2.24) is 16.0 Å². The highest BCUT2D eigenvalue weighted by atomic mass is 16.4. The van der Waals surface area contributed by atoms with E-state index in [-0.39, 0.29) is 5.92 Å². The number of amides is 3. The molecule has 0 unspecified atom stereocenters. The number of hydrogen-bond donors (Lipinski definition) is 5. The van der Waals surface area contributed by atoms with Crippen LogP contribution in [0.2, 0.25) is 0 Å². The van der Waals surface area contributed by atoms with Crippen molar-refractivity contribution in [2.75, 3.05) is 6.54 Å². The van der Waals surface area contributed by atoms with Gasteiger partial charge in [0.1, 0.15) is 18.6 Å². The van der Waals surface area contributed by atoms with Crippen LogP contribution in [0.1, 0.15) is 34.1 Å². The Balaban J connectivity index is 4.71. The van der Waals surface area contributed by atoms with Gasteiger partial charge in [0.25, 0.3) is 0 Å². The Labute approximate surface area is 135 Å². The number of carbonyl (C=O) groups excluding carboxylic acids is 3. The molecule has 0 aromatic rings. The zero-order valence-electron chi connectivity index (χ0n) is 13.9. The van der Waals surface area contributed by atoms with E-state index in [4.69, 9.17) is 10.8 Å². The Morgan fingerprint density at radius 2 is 1.52 bits per heavy atom. The number of hydrogen-bond acceptors (Lipinski definition) is 5. The monoisotopic (exact) mass is 330 g/mol. The van der Waals surface area contributed by atoms with Gasteiger partial charge in [-0.15, -0.1) is 0 Å². The molecule has 0 heterocycles. The van der Waals surface area contributed by atoms with E-state index in [1.807, 2.05) is 13.8 Å². The second-order valence-corrected chi connectivity index (χ2v) is 5.82. The number of carbonyl (C=O) groups is 4. The maximum absolute atomic E-state index is 12.2. The molecule has 0 saturated carbocycles. The summed E-state index contributed by atoms with van der Waals surface area (Å²) in [5.74, 6) is -2.66. The molecule has 0 saturated heterocycles. The number of carboxylic acid groups (broad SMARTS) is 1. The van der Waals surface area contributed by atoms with Gasteiger partial charge in [-0.25, -0.2) is 0 Å². The van der Waals surface area contributed by atoms with Gasteiger partial charge < -0.3 is 26.8 Å². The lowest BCUT2D eigenvalue weighted by atomic mass is 10.0. The molecule has 6 N–H and O–H groups in total. The number of nitrogens with one attached hydrogen (secondary N) is 3. The van der Waals surface area contributed by atoms with E-state index in [1.165, 1.54) is 13.8 Å². The Bertz CT molecular complexity index is 450. The first-order valence-corrected chi connectivity index (χ1v) is 7.40. The fourth-order valence-electron chi connectivity index (χ4n) is 1.70. The molecular weight excluding hydrogens is 304 g/mol. The summed E-state index contributed by atoms with van der Waals surface area (Å²) in [6.07, 6.45) is 0.383. The molecule has 9 nitrogen and oxygen atoms in total. The highest BCUT2D eigenvalue weighted by Gasteiger charge is 2.26. The molecule has 132 valence electrons. The average Bonchev–Trinajstić information content (AvgIpc) is 2.42. The second-order valence-electron chi connectivity index (χ2n) is 5.82. The molecule has 0 aliphatic carbocycles. The fraction of sp³-hybridized carbons (Fsp3) is 0.714. The van der Waals surface area contributed by atoms with Gasteiger partial charge in [0, 0.05) is 0 Å². The smallest absolute Gasteiger partial charge is 0.322 e. The summed E-state index contributed by atoms with van der Waals surface area (Å²) < 4.78 is 0. The van der Waals surface area contributed by atoms with E-state index < -0.39 is 48.4 Å². The van der Waals surface area contributed by atoms with Gasteiger partial charge in [-0.3, -0.25) is 19.2 Å². The summed E-state index contributed by atoms with van der Waals surface area (Å²) in [5.41, 5.74) is 5.47. The summed E-state index contributed by atoms with van der Waals surface area (Å²) in [5, 5.41) is 15.7. The molecule has 0 aliphatic rings. The Kier molecular flexibility index (Phi) is 8.86. The maximum Gasteiger partial charge on any atom is 0.322 e. The van der Waals surface area contributed by atoms with Crippen LogP contribution in [0.25, 0.3) is 0 Å². The Morgan fingerprint density at radius 3 is 1.96 bits per heavy atom. The largest absolute Gasteiger partial charge is 0.480 e. The minimum Gasteiger partial charge on any atom is -0.480 e. The third-order valence-corrected chi connectivity index (χ3v) is 2.92. The van der Waals surface area contributed by atoms with Gasteiger partial charge in [-0.2, -0.15) is 0 Å². The van der Waals surface area contributed by atoms with Gasteiger partial charge in [0.2, 0.25) is 17.7 Å². The van der Waals surface area contributed by atoms with Crippen LogP contribution in [0.5, 0.6) is 0 Å². The lowest BCUT2D eigenvalue weighted by Gasteiger charge is -2.23. The lowest BCUT2D eigenvalue weighted by Crippen LogP contribution is -2.55. The topological polar surface area (TPSA) is 151 Å². The molecule has 23 heavy (non-hydrogen) atoms. The van der Waals surface area contributed by atoms with Crippen LogP contribution >= 0.6 is 0 Å². The molecule has 0 rings (SSSR count). The molecule has 0 aromatic carbocycles. The third-order valence-electron chi connectivity index (χ3n) is 2.92. The second kappa shape index (κ2) is 9.78. The Hall–Kier alpha value is -2.16. The SMILES string of the molecule is CC(C)C[C@H](NC(=O)[C@H](C)N)C(=O)N[C@@H](C)C(=O)NCC(=O)O. The van der Waals surface area contributed by atoms with Crippen LogP contribution in [0.4, 0.5) is 0 Å². The zero-order valence-corrected chi connectivity index (χ0v) is 13.9. The van der Waals surface area contributed by atoms with Crippen LogP contribution < -0.4 is 21.7 Å². The van der Waals surface area contributed by atoms with Crippen LogP contribution in [-0.2, 0) is 19.2 Å².